The fourth-order valence-electron chi connectivity index (χ4n) is 2.02. The lowest BCUT2D eigenvalue weighted by Gasteiger charge is -2.08. The van der Waals surface area contributed by atoms with E-state index >= 15 is 0 Å². The zero-order valence-corrected chi connectivity index (χ0v) is 12.7. The Morgan fingerprint density at radius 2 is 1.95 bits per heavy atom. The molecule has 0 atom stereocenters. The van der Waals surface area contributed by atoms with Gasteiger partial charge in [0.2, 0.25) is 0 Å². The molecule has 1 N–H and O–H groups in total. The lowest BCUT2D eigenvalue weighted by molar-refractivity contribution is 0.877. The second kappa shape index (κ2) is 5.83. The standard InChI is InChI=1S/C16H19N3S/c1-3-17-14-10-15(19-16(18-14)12-6-7-12)20-13-8-4-11(2)5-9-13/h4-5,8-10,12H,3,6-7H2,1-2H3,(H,17,18,19). The maximum Gasteiger partial charge on any atom is 0.135 e. The number of aryl methyl sites for hydroxylation is 1. The summed E-state index contributed by atoms with van der Waals surface area (Å²) in [5, 5.41) is 4.33. The Labute approximate surface area is 124 Å². The maximum atomic E-state index is 4.71. The molecule has 0 aliphatic heterocycles. The number of benzene rings is 1. The van der Waals surface area contributed by atoms with Gasteiger partial charge in [-0.3, -0.25) is 0 Å². The molecule has 1 aliphatic carbocycles. The predicted molar refractivity (Wildman–Crippen MR) is 83.5 cm³/mol. The van der Waals surface area contributed by atoms with Crippen molar-refractivity contribution >= 4 is 17.6 Å². The van der Waals surface area contributed by atoms with Gasteiger partial charge in [-0.05, 0) is 38.8 Å². The quantitative estimate of drug-likeness (QED) is 0.834. The van der Waals surface area contributed by atoms with E-state index in [1.54, 1.807) is 11.8 Å². The molecule has 1 aromatic carbocycles. The Kier molecular flexibility index (Phi) is 3.92. The van der Waals surface area contributed by atoms with Gasteiger partial charge in [0.15, 0.2) is 0 Å². The highest BCUT2D eigenvalue weighted by molar-refractivity contribution is 7.99. The monoisotopic (exact) mass is 285 g/mol. The molecule has 4 heteroatoms. The van der Waals surface area contributed by atoms with E-state index in [1.807, 2.05) is 6.07 Å². The molecule has 1 aliphatic rings. The van der Waals surface area contributed by atoms with Crippen LogP contribution in [0.5, 0.6) is 0 Å². The Hall–Kier alpha value is -1.55. The van der Waals surface area contributed by atoms with E-state index in [9.17, 15) is 0 Å². The van der Waals surface area contributed by atoms with E-state index in [-0.39, 0.29) is 0 Å². The molecule has 0 radical (unpaired) electrons. The molecule has 3 rings (SSSR count). The maximum absolute atomic E-state index is 4.71. The van der Waals surface area contributed by atoms with Crippen LogP contribution < -0.4 is 5.32 Å². The second-order valence-electron chi connectivity index (χ2n) is 5.17. The molecular formula is C16H19N3S. The van der Waals surface area contributed by atoms with E-state index in [2.05, 4.69) is 48.4 Å². The molecule has 1 aromatic heterocycles. The summed E-state index contributed by atoms with van der Waals surface area (Å²) in [5.41, 5.74) is 1.28. The lowest BCUT2D eigenvalue weighted by Crippen LogP contribution is -2.03. The number of nitrogens with zero attached hydrogens (tertiary/aromatic N) is 2. The topological polar surface area (TPSA) is 37.8 Å². The van der Waals surface area contributed by atoms with Crippen molar-refractivity contribution in [1.82, 2.24) is 9.97 Å². The first-order valence-corrected chi connectivity index (χ1v) is 7.93. The van der Waals surface area contributed by atoms with Crippen molar-refractivity contribution in [3.63, 3.8) is 0 Å². The minimum absolute atomic E-state index is 0.575. The summed E-state index contributed by atoms with van der Waals surface area (Å²) in [4.78, 5) is 10.5. The smallest absolute Gasteiger partial charge is 0.135 e. The number of hydrogen-bond acceptors (Lipinski definition) is 4. The van der Waals surface area contributed by atoms with Crippen molar-refractivity contribution in [3.8, 4) is 0 Å². The van der Waals surface area contributed by atoms with Crippen molar-refractivity contribution in [1.29, 1.82) is 0 Å². The Morgan fingerprint density at radius 3 is 2.60 bits per heavy atom. The summed E-state index contributed by atoms with van der Waals surface area (Å²) in [6.45, 7) is 5.08. The lowest BCUT2D eigenvalue weighted by atomic mass is 10.2. The summed E-state index contributed by atoms with van der Waals surface area (Å²) < 4.78 is 0. The van der Waals surface area contributed by atoms with Gasteiger partial charge in [0, 0.05) is 23.4 Å². The average Bonchev–Trinajstić information content (AvgIpc) is 3.26. The van der Waals surface area contributed by atoms with Crippen LogP contribution in [0.1, 0.15) is 37.1 Å². The highest BCUT2D eigenvalue weighted by atomic mass is 32.2. The van der Waals surface area contributed by atoms with Gasteiger partial charge in [-0.25, -0.2) is 9.97 Å². The third kappa shape index (κ3) is 3.31. The number of rotatable bonds is 5. The highest BCUT2D eigenvalue weighted by Gasteiger charge is 2.27. The molecule has 20 heavy (non-hydrogen) atoms. The van der Waals surface area contributed by atoms with Gasteiger partial charge in [-0.15, -0.1) is 0 Å². The Bertz CT molecular complexity index is 591. The van der Waals surface area contributed by atoms with Crippen LogP contribution in [0.15, 0.2) is 40.3 Å². The van der Waals surface area contributed by atoms with Gasteiger partial charge < -0.3 is 5.32 Å². The summed E-state index contributed by atoms with van der Waals surface area (Å²) in [6.07, 6.45) is 2.45. The van der Waals surface area contributed by atoms with Gasteiger partial charge in [0.25, 0.3) is 0 Å². The molecule has 0 saturated heterocycles. The van der Waals surface area contributed by atoms with Gasteiger partial charge in [0.05, 0.1) is 0 Å². The van der Waals surface area contributed by atoms with Gasteiger partial charge in [-0.2, -0.15) is 0 Å². The van der Waals surface area contributed by atoms with E-state index in [1.165, 1.54) is 23.3 Å². The minimum Gasteiger partial charge on any atom is -0.370 e. The summed E-state index contributed by atoms with van der Waals surface area (Å²) in [6, 6.07) is 10.6. The second-order valence-corrected chi connectivity index (χ2v) is 6.26. The van der Waals surface area contributed by atoms with E-state index in [4.69, 9.17) is 4.98 Å². The highest BCUT2D eigenvalue weighted by Crippen LogP contribution is 2.39. The number of hydrogen-bond donors (Lipinski definition) is 1. The fraction of sp³-hybridized carbons (Fsp3) is 0.375. The summed E-state index contributed by atoms with van der Waals surface area (Å²) in [5.74, 6) is 2.52. The summed E-state index contributed by atoms with van der Waals surface area (Å²) >= 11 is 1.70. The first kappa shape index (κ1) is 13.4. The van der Waals surface area contributed by atoms with Crippen molar-refractivity contribution in [2.75, 3.05) is 11.9 Å². The molecule has 1 saturated carbocycles. The third-order valence-electron chi connectivity index (χ3n) is 3.26. The van der Waals surface area contributed by atoms with Crippen molar-refractivity contribution < 1.29 is 0 Å². The molecule has 0 bridgehead atoms. The van der Waals surface area contributed by atoms with E-state index in [0.717, 1.165) is 23.2 Å². The van der Waals surface area contributed by atoms with Crippen LogP contribution in [0.25, 0.3) is 0 Å². The van der Waals surface area contributed by atoms with Gasteiger partial charge in [-0.1, -0.05) is 29.5 Å². The Balaban J connectivity index is 1.85. The molecule has 1 heterocycles. The molecular weight excluding hydrogens is 266 g/mol. The first-order valence-electron chi connectivity index (χ1n) is 7.12. The van der Waals surface area contributed by atoms with E-state index in [0.29, 0.717) is 5.92 Å². The summed E-state index contributed by atoms with van der Waals surface area (Å²) in [7, 11) is 0. The van der Waals surface area contributed by atoms with Crippen molar-refractivity contribution in [3.05, 3.63) is 41.7 Å². The number of anilines is 1. The zero-order chi connectivity index (χ0) is 13.9. The molecule has 3 nitrogen and oxygen atoms in total. The zero-order valence-electron chi connectivity index (χ0n) is 11.9. The minimum atomic E-state index is 0.575. The van der Waals surface area contributed by atoms with Crippen LogP contribution in [0.3, 0.4) is 0 Å². The fourth-order valence-corrected chi connectivity index (χ4v) is 2.84. The molecule has 0 amide bonds. The van der Waals surface area contributed by atoms with Crippen LogP contribution in [-0.2, 0) is 0 Å². The third-order valence-corrected chi connectivity index (χ3v) is 4.19. The van der Waals surface area contributed by atoms with Crippen LogP contribution in [0.2, 0.25) is 0 Å². The van der Waals surface area contributed by atoms with Crippen LogP contribution >= 0.6 is 11.8 Å². The molecule has 0 spiro atoms. The molecule has 1 fully saturated rings. The molecule has 0 unspecified atom stereocenters. The largest absolute Gasteiger partial charge is 0.370 e. The van der Waals surface area contributed by atoms with Gasteiger partial charge in [0.1, 0.15) is 16.7 Å². The first-order chi connectivity index (χ1) is 9.74. The number of aromatic nitrogens is 2. The van der Waals surface area contributed by atoms with Crippen LogP contribution in [-0.4, -0.2) is 16.5 Å². The van der Waals surface area contributed by atoms with Crippen molar-refractivity contribution in [2.45, 2.75) is 42.5 Å². The normalized spacial score (nSPS) is 14.3. The molecule has 2 aromatic rings. The van der Waals surface area contributed by atoms with Crippen LogP contribution in [0, 0.1) is 6.92 Å². The Morgan fingerprint density at radius 1 is 1.20 bits per heavy atom. The molecule has 104 valence electrons. The van der Waals surface area contributed by atoms with E-state index < -0.39 is 0 Å². The SMILES string of the molecule is CCNc1cc(Sc2ccc(C)cc2)nc(C2CC2)n1. The van der Waals surface area contributed by atoms with Crippen molar-refractivity contribution in [2.24, 2.45) is 0 Å². The average molecular weight is 285 g/mol. The van der Waals surface area contributed by atoms with Crippen LogP contribution in [0.4, 0.5) is 5.82 Å². The van der Waals surface area contributed by atoms with Gasteiger partial charge >= 0.3 is 0 Å². The predicted octanol–water partition coefficient (Wildman–Crippen LogP) is 4.25. The number of nitrogens with one attached hydrogen (secondary N) is 1.